The SMILES string of the molecule is CCCCCCCCCC[N+](C)(C)CCOCCOC(=O)Nc1ccccc1.[Cl-]. The van der Waals surface area contributed by atoms with Crippen molar-refractivity contribution in [1.29, 1.82) is 0 Å². The molecule has 1 N–H and O–H groups in total. The minimum absolute atomic E-state index is 0. The number of quaternary nitrogens is 1. The molecule has 5 nitrogen and oxygen atoms in total. The Bertz CT molecular complexity index is 512. The van der Waals surface area contributed by atoms with Gasteiger partial charge in [-0.3, -0.25) is 5.32 Å². The van der Waals surface area contributed by atoms with Crippen LogP contribution in [0.1, 0.15) is 58.3 Å². The number of hydrogen-bond donors (Lipinski definition) is 1. The molecule has 0 aliphatic rings. The average Bonchev–Trinajstić information content (AvgIpc) is 2.67. The maximum absolute atomic E-state index is 11.7. The summed E-state index contributed by atoms with van der Waals surface area (Å²) in [6.45, 7) is 5.82. The van der Waals surface area contributed by atoms with Crippen LogP contribution in [0, 0.1) is 0 Å². The molecule has 1 aromatic carbocycles. The van der Waals surface area contributed by atoms with Gasteiger partial charge in [0.25, 0.3) is 0 Å². The number of hydrogen-bond acceptors (Lipinski definition) is 3. The van der Waals surface area contributed by atoms with Crippen molar-refractivity contribution in [3.63, 3.8) is 0 Å². The van der Waals surface area contributed by atoms with E-state index in [4.69, 9.17) is 9.47 Å². The molecular formula is C23H41ClN2O3. The molecule has 6 heteroatoms. The molecule has 0 spiro atoms. The lowest BCUT2D eigenvalue weighted by molar-refractivity contribution is -0.891. The van der Waals surface area contributed by atoms with Gasteiger partial charge in [0.15, 0.2) is 0 Å². The molecule has 0 heterocycles. The molecular weight excluding hydrogens is 388 g/mol. The zero-order valence-corrected chi connectivity index (χ0v) is 19.4. The van der Waals surface area contributed by atoms with E-state index >= 15 is 0 Å². The number of para-hydroxylation sites is 1. The van der Waals surface area contributed by atoms with Gasteiger partial charge in [-0.05, 0) is 25.0 Å². The third-order valence-corrected chi connectivity index (χ3v) is 4.94. The molecule has 0 atom stereocenters. The van der Waals surface area contributed by atoms with E-state index in [9.17, 15) is 4.79 Å². The summed E-state index contributed by atoms with van der Waals surface area (Å²) in [6, 6.07) is 9.28. The number of nitrogens with one attached hydrogen (secondary N) is 1. The number of carbonyl (C=O) groups excluding carboxylic acids is 1. The van der Waals surface area contributed by atoms with Gasteiger partial charge < -0.3 is 26.4 Å². The lowest BCUT2D eigenvalue weighted by atomic mass is 10.1. The molecule has 0 saturated heterocycles. The molecule has 1 amide bonds. The summed E-state index contributed by atoms with van der Waals surface area (Å²) in [5.41, 5.74) is 0.730. The van der Waals surface area contributed by atoms with Crippen LogP contribution in [0.2, 0.25) is 0 Å². The molecule has 0 aromatic heterocycles. The normalized spacial score (nSPS) is 11.0. The zero-order chi connectivity index (χ0) is 20.5. The highest BCUT2D eigenvalue weighted by atomic mass is 35.5. The van der Waals surface area contributed by atoms with Crippen LogP contribution in [0.15, 0.2) is 30.3 Å². The number of halogens is 1. The smallest absolute Gasteiger partial charge is 0.411 e. The van der Waals surface area contributed by atoms with Gasteiger partial charge >= 0.3 is 6.09 Å². The molecule has 0 aliphatic carbocycles. The number of rotatable bonds is 16. The van der Waals surface area contributed by atoms with E-state index in [1.54, 1.807) is 0 Å². The third kappa shape index (κ3) is 16.2. The second-order valence-electron chi connectivity index (χ2n) is 8.10. The molecule has 0 bridgehead atoms. The van der Waals surface area contributed by atoms with E-state index in [1.165, 1.54) is 57.9 Å². The van der Waals surface area contributed by atoms with E-state index in [-0.39, 0.29) is 19.0 Å². The maximum atomic E-state index is 11.7. The fourth-order valence-corrected chi connectivity index (χ4v) is 3.07. The fourth-order valence-electron chi connectivity index (χ4n) is 3.07. The van der Waals surface area contributed by atoms with Gasteiger partial charge in [0.2, 0.25) is 0 Å². The van der Waals surface area contributed by atoms with Gasteiger partial charge in [0, 0.05) is 5.69 Å². The second-order valence-corrected chi connectivity index (χ2v) is 8.10. The number of amides is 1. The first-order chi connectivity index (χ1) is 13.5. The van der Waals surface area contributed by atoms with Crippen molar-refractivity contribution in [3.8, 4) is 0 Å². The van der Waals surface area contributed by atoms with Crippen LogP contribution in [-0.2, 0) is 9.47 Å². The van der Waals surface area contributed by atoms with Crippen molar-refractivity contribution in [2.75, 3.05) is 52.3 Å². The Hall–Kier alpha value is -1.30. The van der Waals surface area contributed by atoms with Crippen molar-refractivity contribution in [2.45, 2.75) is 58.3 Å². The molecule has 0 unspecified atom stereocenters. The Labute approximate surface area is 184 Å². The summed E-state index contributed by atoms with van der Waals surface area (Å²) < 4.78 is 11.7. The molecule has 29 heavy (non-hydrogen) atoms. The summed E-state index contributed by atoms with van der Waals surface area (Å²) in [6.07, 6.45) is 10.4. The molecule has 0 aliphatic heterocycles. The van der Waals surface area contributed by atoms with Crippen LogP contribution < -0.4 is 17.7 Å². The Morgan fingerprint density at radius 3 is 2.14 bits per heavy atom. The van der Waals surface area contributed by atoms with Gasteiger partial charge in [-0.2, -0.15) is 0 Å². The predicted octanol–water partition coefficient (Wildman–Crippen LogP) is 2.47. The lowest BCUT2D eigenvalue weighted by Gasteiger charge is -2.29. The Balaban J connectivity index is 0.00000784. The quantitative estimate of drug-likeness (QED) is 0.325. The number of carbonyl (C=O) groups is 1. The van der Waals surface area contributed by atoms with Crippen molar-refractivity contribution >= 4 is 11.8 Å². The Kier molecular flexibility index (Phi) is 16.8. The van der Waals surface area contributed by atoms with Gasteiger partial charge in [-0.25, -0.2) is 4.79 Å². The van der Waals surface area contributed by atoms with E-state index in [0.717, 1.165) is 16.7 Å². The van der Waals surface area contributed by atoms with E-state index in [1.807, 2.05) is 30.3 Å². The second kappa shape index (κ2) is 17.5. The molecule has 0 fully saturated rings. The Morgan fingerprint density at radius 2 is 1.48 bits per heavy atom. The molecule has 0 radical (unpaired) electrons. The third-order valence-electron chi connectivity index (χ3n) is 4.94. The fraction of sp³-hybridized carbons (Fsp3) is 0.696. The van der Waals surface area contributed by atoms with Crippen molar-refractivity contribution in [2.24, 2.45) is 0 Å². The van der Waals surface area contributed by atoms with Crippen LogP contribution in [-0.4, -0.2) is 57.6 Å². The number of likely N-dealkylation sites (N-methyl/N-ethyl adjacent to an activating group) is 1. The first kappa shape index (κ1) is 27.7. The summed E-state index contributed by atoms with van der Waals surface area (Å²) >= 11 is 0. The zero-order valence-electron chi connectivity index (χ0n) is 18.6. The van der Waals surface area contributed by atoms with Gasteiger partial charge in [0.1, 0.15) is 13.2 Å². The number of anilines is 1. The first-order valence-electron chi connectivity index (χ1n) is 10.9. The van der Waals surface area contributed by atoms with E-state index < -0.39 is 6.09 Å². The predicted molar refractivity (Wildman–Crippen MR) is 117 cm³/mol. The highest BCUT2D eigenvalue weighted by molar-refractivity contribution is 5.84. The molecule has 1 rings (SSSR count). The Morgan fingerprint density at radius 1 is 0.862 bits per heavy atom. The summed E-state index contributed by atoms with van der Waals surface area (Å²) in [7, 11) is 4.52. The lowest BCUT2D eigenvalue weighted by Crippen LogP contribution is -3.00. The van der Waals surface area contributed by atoms with Crippen LogP contribution >= 0.6 is 0 Å². The average molecular weight is 429 g/mol. The summed E-state index contributed by atoms with van der Waals surface area (Å²) in [4.78, 5) is 11.7. The van der Waals surface area contributed by atoms with Crippen molar-refractivity contribution in [3.05, 3.63) is 30.3 Å². The maximum Gasteiger partial charge on any atom is 0.411 e. The number of nitrogens with zero attached hydrogens (tertiary/aromatic N) is 1. The van der Waals surface area contributed by atoms with Crippen LogP contribution in [0.25, 0.3) is 0 Å². The minimum Gasteiger partial charge on any atom is -1.00 e. The first-order valence-corrected chi connectivity index (χ1v) is 10.9. The van der Waals surface area contributed by atoms with Crippen molar-refractivity contribution in [1.82, 2.24) is 0 Å². The van der Waals surface area contributed by atoms with Gasteiger partial charge in [0.05, 0.1) is 33.9 Å². The van der Waals surface area contributed by atoms with Crippen molar-refractivity contribution < 1.29 is 31.2 Å². The monoisotopic (exact) mass is 428 g/mol. The van der Waals surface area contributed by atoms with Gasteiger partial charge in [-0.1, -0.05) is 63.6 Å². The van der Waals surface area contributed by atoms with E-state index in [2.05, 4.69) is 26.3 Å². The number of benzene rings is 1. The van der Waals surface area contributed by atoms with Crippen LogP contribution in [0.4, 0.5) is 10.5 Å². The standard InChI is InChI=1S/C23H40N2O3.ClH/c1-4-5-6-7-8-9-10-14-17-25(2,3)18-19-27-20-21-28-23(26)24-22-15-12-11-13-16-22;/h11-13,15-16H,4-10,14,17-21H2,1-3H3;1H. The molecule has 168 valence electrons. The number of ether oxygens (including phenoxy) is 2. The summed E-state index contributed by atoms with van der Waals surface area (Å²) in [5.74, 6) is 0. The topological polar surface area (TPSA) is 47.6 Å². The van der Waals surface area contributed by atoms with Crippen LogP contribution in [0.5, 0.6) is 0 Å². The largest absolute Gasteiger partial charge is 1.00 e. The minimum atomic E-state index is -0.444. The van der Waals surface area contributed by atoms with Crippen LogP contribution in [0.3, 0.4) is 0 Å². The molecule has 0 saturated carbocycles. The number of unbranched alkanes of at least 4 members (excludes halogenated alkanes) is 7. The highest BCUT2D eigenvalue weighted by Crippen LogP contribution is 2.10. The summed E-state index contributed by atoms with van der Waals surface area (Å²) in [5, 5.41) is 2.68. The molecule has 1 aromatic rings. The van der Waals surface area contributed by atoms with E-state index in [0.29, 0.717) is 13.2 Å². The van der Waals surface area contributed by atoms with Gasteiger partial charge in [-0.15, -0.1) is 0 Å². The highest BCUT2D eigenvalue weighted by Gasteiger charge is 2.14.